The van der Waals surface area contributed by atoms with Gasteiger partial charge in [-0.2, -0.15) is 0 Å². The molecule has 0 spiro atoms. The van der Waals surface area contributed by atoms with Gasteiger partial charge in [0.2, 0.25) is 0 Å². The molecule has 5 heteroatoms. The topological polar surface area (TPSA) is 44.8 Å². The maximum atomic E-state index is 11.7. The number of unbranched alkanes of at least 4 members (excludes halogenated alkanes) is 1. The van der Waals surface area contributed by atoms with E-state index in [9.17, 15) is 4.79 Å². The fourth-order valence-corrected chi connectivity index (χ4v) is 2.09. The van der Waals surface area contributed by atoms with E-state index in [1.807, 2.05) is 13.8 Å². The Morgan fingerprint density at radius 2 is 1.89 bits per heavy atom. The largest absolute Gasteiger partial charge is 0.447 e. The Bertz CT molecular complexity index is 251. The molecule has 0 aromatic heterocycles. The first-order valence-electron chi connectivity index (χ1n) is 7.52. The number of piperazine rings is 1. The van der Waals surface area contributed by atoms with E-state index in [1.165, 1.54) is 12.8 Å². The quantitative estimate of drug-likeness (QED) is 0.713. The molecule has 1 amide bonds. The van der Waals surface area contributed by atoms with Gasteiger partial charge in [0.1, 0.15) is 0 Å². The first-order valence-corrected chi connectivity index (χ1v) is 7.52. The van der Waals surface area contributed by atoms with Crippen LogP contribution in [0.15, 0.2) is 0 Å². The highest BCUT2D eigenvalue weighted by atomic mass is 16.6. The molecule has 112 valence electrons. The van der Waals surface area contributed by atoms with E-state index in [1.54, 1.807) is 4.90 Å². The Morgan fingerprint density at radius 1 is 1.21 bits per heavy atom. The molecule has 0 unspecified atom stereocenters. The zero-order valence-electron chi connectivity index (χ0n) is 12.7. The highest BCUT2D eigenvalue weighted by Crippen LogP contribution is 2.04. The summed E-state index contributed by atoms with van der Waals surface area (Å²) in [5.74, 6) is 0. The Balaban J connectivity index is 2.10. The van der Waals surface area contributed by atoms with Crippen LogP contribution >= 0.6 is 0 Å². The molecule has 1 aliphatic rings. The summed E-state index contributed by atoms with van der Waals surface area (Å²) >= 11 is 0. The maximum Gasteiger partial charge on any atom is 0.410 e. The van der Waals surface area contributed by atoms with Crippen molar-refractivity contribution in [3.05, 3.63) is 0 Å². The molecule has 0 saturated carbocycles. The van der Waals surface area contributed by atoms with Gasteiger partial charge in [0.25, 0.3) is 0 Å². The lowest BCUT2D eigenvalue weighted by Gasteiger charge is -2.34. The normalized spacial score (nSPS) is 16.9. The van der Waals surface area contributed by atoms with Crippen molar-refractivity contribution in [2.75, 3.05) is 45.8 Å². The molecule has 0 bridgehead atoms. The molecule has 0 radical (unpaired) electrons. The van der Waals surface area contributed by atoms with Gasteiger partial charge in [0.05, 0.1) is 6.10 Å². The number of hydrogen-bond acceptors (Lipinski definition) is 4. The summed E-state index contributed by atoms with van der Waals surface area (Å²) in [6, 6.07) is 0. The summed E-state index contributed by atoms with van der Waals surface area (Å²) in [7, 11) is 0. The van der Waals surface area contributed by atoms with Crippen LogP contribution in [0.4, 0.5) is 4.79 Å². The monoisotopic (exact) mass is 271 g/mol. The minimum atomic E-state index is -0.171. The number of carbonyl (C=O) groups is 1. The molecule has 1 aliphatic heterocycles. The summed E-state index contributed by atoms with van der Waals surface area (Å²) in [5.41, 5.74) is 0. The van der Waals surface area contributed by atoms with E-state index in [0.717, 1.165) is 45.8 Å². The molecule has 5 nitrogen and oxygen atoms in total. The number of carbonyl (C=O) groups excluding carboxylic acids is 1. The van der Waals surface area contributed by atoms with Crippen molar-refractivity contribution >= 4 is 6.09 Å². The van der Waals surface area contributed by atoms with Gasteiger partial charge in [-0.05, 0) is 26.8 Å². The number of hydrogen-bond donors (Lipinski definition) is 1. The van der Waals surface area contributed by atoms with Gasteiger partial charge >= 0.3 is 6.09 Å². The third-order valence-corrected chi connectivity index (χ3v) is 3.28. The molecular formula is C14H29N3O2. The fourth-order valence-electron chi connectivity index (χ4n) is 2.09. The SMILES string of the molecule is CCCCNCCN1CCN(C(=O)OC(C)C)CC1. The molecule has 0 aromatic carbocycles. The second kappa shape index (κ2) is 9.15. The molecule has 1 rings (SSSR count). The van der Waals surface area contributed by atoms with E-state index in [2.05, 4.69) is 17.1 Å². The van der Waals surface area contributed by atoms with Gasteiger partial charge in [0.15, 0.2) is 0 Å². The standard InChI is InChI=1S/C14H29N3O2/c1-4-5-6-15-7-8-16-9-11-17(12-10-16)14(18)19-13(2)3/h13,15H,4-12H2,1-3H3. The number of nitrogens with one attached hydrogen (secondary N) is 1. The zero-order valence-corrected chi connectivity index (χ0v) is 12.7. The van der Waals surface area contributed by atoms with Crippen molar-refractivity contribution < 1.29 is 9.53 Å². The van der Waals surface area contributed by atoms with Crippen LogP contribution in [0.1, 0.15) is 33.6 Å². The first kappa shape index (κ1) is 16.2. The first-order chi connectivity index (χ1) is 9.13. The lowest BCUT2D eigenvalue weighted by molar-refractivity contribution is 0.0574. The Labute approximate surface area is 117 Å². The van der Waals surface area contributed by atoms with Crippen LogP contribution < -0.4 is 5.32 Å². The second-order valence-electron chi connectivity index (χ2n) is 5.36. The molecule has 1 fully saturated rings. The molecule has 19 heavy (non-hydrogen) atoms. The highest BCUT2D eigenvalue weighted by molar-refractivity contribution is 5.67. The average molecular weight is 271 g/mol. The molecule has 1 saturated heterocycles. The van der Waals surface area contributed by atoms with E-state index in [-0.39, 0.29) is 12.2 Å². The number of nitrogens with zero attached hydrogens (tertiary/aromatic N) is 2. The van der Waals surface area contributed by atoms with Crippen LogP contribution in [0.25, 0.3) is 0 Å². The van der Waals surface area contributed by atoms with Gasteiger partial charge in [-0.25, -0.2) is 4.79 Å². The third kappa shape index (κ3) is 6.78. The van der Waals surface area contributed by atoms with Crippen molar-refractivity contribution in [2.45, 2.75) is 39.7 Å². The minimum absolute atomic E-state index is 0.0340. The molecule has 0 atom stereocenters. The smallest absolute Gasteiger partial charge is 0.410 e. The lowest BCUT2D eigenvalue weighted by atomic mass is 10.3. The van der Waals surface area contributed by atoms with Crippen LogP contribution in [0.5, 0.6) is 0 Å². The summed E-state index contributed by atoms with van der Waals surface area (Å²) in [6.07, 6.45) is 2.28. The van der Waals surface area contributed by atoms with Gasteiger partial charge in [0, 0.05) is 39.3 Å². The molecule has 0 aliphatic carbocycles. The van der Waals surface area contributed by atoms with Crippen molar-refractivity contribution in [1.82, 2.24) is 15.1 Å². The highest BCUT2D eigenvalue weighted by Gasteiger charge is 2.22. The Morgan fingerprint density at radius 3 is 2.47 bits per heavy atom. The Kier molecular flexibility index (Phi) is 7.82. The van der Waals surface area contributed by atoms with Crippen molar-refractivity contribution in [2.24, 2.45) is 0 Å². The second-order valence-corrected chi connectivity index (χ2v) is 5.36. The van der Waals surface area contributed by atoms with E-state index < -0.39 is 0 Å². The summed E-state index contributed by atoms with van der Waals surface area (Å²) in [5, 5.41) is 3.45. The van der Waals surface area contributed by atoms with E-state index in [4.69, 9.17) is 4.74 Å². The van der Waals surface area contributed by atoms with Crippen LogP contribution in [0.3, 0.4) is 0 Å². The number of ether oxygens (including phenoxy) is 1. The third-order valence-electron chi connectivity index (χ3n) is 3.28. The van der Waals surface area contributed by atoms with Crippen molar-refractivity contribution in [1.29, 1.82) is 0 Å². The van der Waals surface area contributed by atoms with Gasteiger partial charge in [-0.15, -0.1) is 0 Å². The van der Waals surface area contributed by atoms with E-state index in [0.29, 0.717) is 0 Å². The zero-order chi connectivity index (χ0) is 14.1. The van der Waals surface area contributed by atoms with Gasteiger partial charge < -0.3 is 15.0 Å². The molecule has 0 aromatic rings. The fraction of sp³-hybridized carbons (Fsp3) is 0.929. The van der Waals surface area contributed by atoms with Crippen LogP contribution in [0.2, 0.25) is 0 Å². The predicted octanol–water partition coefficient (Wildman–Crippen LogP) is 1.54. The van der Waals surface area contributed by atoms with Crippen molar-refractivity contribution in [3.63, 3.8) is 0 Å². The minimum Gasteiger partial charge on any atom is -0.447 e. The predicted molar refractivity (Wildman–Crippen MR) is 77.4 cm³/mol. The Hall–Kier alpha value is -0.810. The van der Waals surface area contributed by atoms with Crippen molar-refractivity contribution in [3.8, 4) is 0 Å². The maximum absolute atomic E-state index is 11.7. The van der Waals surface area contributed by atoms with Crippen LogP contribution in [-0.4, -0.2) is 67.8 Å². The summed E-state index contributed by atoms with van der Waals surface area (Å²) < 4.78 is 5.21. The molecule has 1 heterocycles. The molecule has 1 N–H and O–H groups in total. The van der Waals surface area contributed by atoms with Crippen LogP contribution in [-0.2, 0) is 4.74 Å². The van der Waals surface area contributed by atoms with Gasteiger partial charge in [-0.3, -0.25) is 4.90 Å². The van der Waals surface area contributed by atoms with E-state index >= 15 is 0 Å². The van der Waals surface area contributed by atoms with Gasteiger partial charge in [-0.1, -0.05) is 13.3 Å². The van der Waals surface area contributed by atoms with Crippen LogP contribution in [0, 0.1) is 0 Å². The summed E-state index contributed by atoms with van der Waals surface area (Å²) in [6.45, 7) is 12.6. The molecular weight excluding hydrogens is 242 g/mol. The average Bonchev–Trinajstić information content (AvgIpc) is 2.38. The number of rotatable bonds is 7. The summed E-state index contributed by atoms with van der Waals surface area (Å²) in [4.78, 5) is 15.9. The number of amides is 1. The lowest BCUT2D eigenvalue weighted by Crippen LogP contribution is -2.50.